The van der Waals surface area contributed by atoms with Gasteiger partial charge >= 0.3 is 11.9 Å². The molecular weight excluding hydrogens is 390 g/mol. The number of nitrogens with zero attached hydrogens (tertiary/aromatic N) is 2. The van der Waals surface area contributed by atoms with Gasteiger partial charge in [-0.3, -0.25) is 10.2 Å². The van der Waals surface area contributed by atoms with Crippen LogP contribution in [0, 0.1) is 0 Å². The summed E-state index contributed by atoms with van der Waals surface area (Å²) in [6, 6.07) is 12.3. The number of esters is 1. The number of carbonyl (C=O) groups is 2. The molecule has 1 aromatic heterocycles. The molecule has 7 nitrogen and oxygen atoms in total. The molecule has 8 heteroatoms. The number of thiophene rings is 1. The van der Waals surface area contributed by atoms with Gasteiger partial charge in [0.25, 0.3) is 0 Å². The molecular formula is C21H27N3O4S. The Labute approximate surface area is 174 Å². The van der Waals surface area contributed by atoms with Gasteiger partial charge in [-0.25, -0.2) is 9.59 Å². The number of piperazine rings is 1. The van der Waals surface area contributed by atoms with Crippen LogP contribution in [0.2, 0.25) is 0 Å². The Morgan fingerprint density at radius 2 is 1.97 bits per heavy atom. The van der Waals surface area contributed by atoms with Crippen LogP contribution in [-0.4, -0.2) is 73.2 Å². The summed E-state index contributed by atoms with van der Waals surface area (Å²) in [7, 11) is 4.12. The van der Waals surface area contributed by atoms with Crippen LogP contribution in [0.3, 0.4) is 0 Å². The van der Waals surface area contributed by atoms with Gasteiger partial charge in [-0.1, -0.05) is 30.3 Å². The Balaban J connectivity index is 1.64. The van der Waals surface area contributed by atoms with Crippen LogP contribution >= 0.6 is 11.3 Å². The maximum atomic E-state index is 12.9. The lowest BCUT2D eigenvalue weighted by molar-refractivity contribution is -0.148. The van der Waals surface area contributed by atoms with Crippen molar-refractivity contribution in [1.82, 2.24) is 15.1 Å². The molecule has 1 aliphatic heterocycles. The molecule has 156 valence electrons. The van der Waals surface area contributed by atoms with E-state index in [4.69, 9.17) is 9.84 Å². The smallest absolute Gasteiger partial charge is 0.345 e. The topological polar surface area (TPSA) is 82.1 Å². The summed E-state index contributed by atoms with van der Waals surface area (Å²) in [5.41, 5.74) is 0.821. The molecule has 29 heavy (non-hydrogen) atoms. The van der Waals surface area contributed by atoms with E-state index in [-0.39, 0.29) is 16.9 Å². The van der Waals surface area contributed by atoms with Crippen LogP contribution in [0.4, 0.5) is 0 Å². The second-order valence-electron chi connectivity index (χ2n) is 7.32. The summed E-state index contributed by atoms with van der Waals surface area (Å²) < 4.78 is 5.69. The van der Waals surface area contributed by atoms with Crippen molar-refractivity contribution in [3.63, 3.8) is 0 Å². The minimum atomic E-state index is -0.943. The molecule has 1 fully saturated rings. The second kappa shape index (κ2) is 9.98. The van der Waals surface area contributed by atoms with Gasteiger partial charge in [0.1, 0.15) is 17.5 Å². The van der Waals surface area contributed by atoms with E-state index in [1.807, 2.05) is 30.3 Å². The van der Waals surface area contributed by atoms with E-state index in [9.17, 15) is 9.59 Å². The van der Waals surface area contributed by atoms with Crippen molar-refractivity contribution in [2.24, 2.45) is 0 Å². The van der Waals surface area contributed by atoms with E-state index < -0.39 is 12.0 Å². The highest BCUT2D eigenvalue weighted by atomic mass is 32.1. The molecule has 0 spiro atoms. The Morgan fingerprint density at radius 1 is 1.21 bits per heavy atom. The summed E-state index contributed by atoms with van der Waals surface area (Å²) in [5, 5.41) is 12.3. The maximum Gasteiger partial charge on any atom is 0.345 e. The lowest BCUT2D eigenvalue weighted by atomic mass is 10.1. The number of carboxylic acids is 1. The molecule has 1 unspecified atom stereocenters. The molecule has 0 amide bonds. The molecule has 0 aliphatic carbocycles. The fourth-order valence-electron chi connectivity index (χ4n) is 3.32. The average Bonchev–Trinajstić information content (AvgIpc) is 3.19. The quantitative estimate of drug-likeness (QED) is 0.636. The van der Waals surface area contributed by atoms with Gasteiger partial charge in [0.05, 0.1) is 6.04 Å². The van der Waals surface area contributed by atoms with E-state index in [0.717, 1.165) is 30.1 Å². The van der Waals surface area contributed by atoms with Crippen LogP contribution < -0.4 is 5.32 Å². The Kier molecular flexibility index (Phi) is 7.38. The third kappa shape index (κ3) is 5.86. The van der Waals surface area contributed by atoms with Gasteiger partial charge in [0, 0.05) is 31.1 Å². The molecule has 2 atom stereocenters. The van der Waals surface area contributed by atoms with Crippen molar-refractivity contribution in [1.29, 1.82) is 0 Å². The molecule has 2 heterocycles. The van der Waals surface area contributed by atoms with Gasteiger partial charge in [0.2, 0.25) is 0 Å². The molecule has 2 aromatic rings. The highest BCUT2D eigenvalue weighted by molar-refractivity contribution is 7.13. The first kappa shape index (κ1) is 21.4. The Bertz CT molecular complexity index is 826. The molecule has 0 bridgehead atoms. The van der Waals surface area contributed by atoms with E-state index in [1.165, 1.54) is 11.3 Å². The minimum Gasteiger partial charge on any atom is -0.477 e. The van der Waals surface area contributed by atoms with Crippen molar-refractivity contribution < 1.29 is 19.4 Å². The lowest BCUT2D eigenvalue weighted by Crippen LogP contribution is -2.52. The summed E-state index contributed by atoms with van der Waals surface area (Å²) in [6.45, 7) is 3.55. The Hall–Kier alpha value is -2.26. The summed E-state index contributed by atoms with van der Waals surface area (Å²) in [4.78, 5) is 29.6. The zero-order valence-electron chi connectivity index (χ0n) is 16.7. The van der Waals surface area contributed by atoms with Crippen LogP contribution in [-0.2, 0) is 16.1 Å². The van der Waals surface area contributed by atoms with E-state index in [0.29, 0.717) is 13.2 Å². The maximum absolute atomic E-state index is 12.9. The number of rotatable bonds is 8. The predicted molar refractivity (Wildman–Crippen MR) is 112 cm³/mol. The Morgan fingerprint density at radius 3 is 2.66 bits per heavy atom. The molecule has 1 aliphatic rings. The lowest BCUT2D eigenvalue weighted by Gasteiger charge is -2.37. The normalized spacial score (nSPS) is 19.0. The monoisotopic (exact) mass is 417 g/mol. The number of aromatic carboxylic acids is 1. The zero-order valence-corrected chi connectivity index (χ0v) is 17.5. The van der Waals surface area contributed by atoms with Gasteiger partial charge in [-0.15, -0.1) is 11.3 Å². The summed E-state index contributed by atoms with van der Waals surface area (Å²) in [5.74, 6) is -1.27. The van der Waals surface area contributed by atoms with Gasteiger partial charge in [-0.2, -0.15) is 0 Å². The molecule has 0 saturated carbocycles. The van der Waals surface area contributed by atoms with E-state index in [2.05, 4.69) is 29.2 Å². The number of hydrogen-bond acceptors (Lipinski definition) is 7. The van der Waals surface area contributed by atoms with Crippen LogP contribution in [0.15, 0.2) is 42.5 Å². The van der Waals surface area contributed by atoms with Crippen molar-refractivity contribution in [3.05, 3.63) is 57.8 Å². The second-order valence-corrected chi connectivity index (χ2v) is 8.49. The van der Waals surface area contributed by atoms with E-state index in [1.54, 1.807) is 12.1 Å². The SMILES string of the molecule is CN1CCN(C)[C@H](COC(=O)C(NCc2ccc(C(=O)O)s2)c2ccccc2)C1. The number of hydrogen-bond donors (Lipinski definition) is 2. The molecule has 3 rings (SSSR count). The first-order valence-electron chi connectivity index (χ1n) is 9.60. The first-order chi connectivity index (χ1) is 13.9. The number of carboxylic acid groups (broad SMARTS) is 1. The minimum absolute atomic E-state index is 0.171. The van der Waals surface area contributed by atoms with Crippen LogP contribution in [0.1, 0.15) is 26.2 Å². The molecule has 1 saturated heterocycles. The largest absolute Gasteiger partial charge is 0.477 e. The number of likely N-dealkylation sites (N-methyl/N-ethyl adjacent to an activating group) is 2. The standard InChI is InChI=1S/C21H27N3O4S/c1-23-10-11-24(2)16(13-23)14-28-21(27)19(15-6-4-3-5-7-15)22-12-17-8-9-18(29-17)20(25)26/h3-9,16,19,22H,10-14H2,1-2H3,(H,25,26)/t16-,19?/m0/s1. The summed E-state index contributed by atoms with van der Waals surface area (Å²) in [6.07, 6.45) is 0. The van der Waals surface area contributed by atoms with Crippen LogP contribution in [0.5, 0.6) is 0 Å². The average molecular weight is 418 g/mol. The highest BCUT2D eigenvalue weighted by Gasteiger charge is 2.27. The number of ether oxygens (including phenoxy) is 1. The van der Waals surface area contributed by atoms with Gasteiger partial charge < -0.3 is 14.7 Å². The third-order valence-electron chi connectivity index (χ3n) is 5.12. The number of carbonyl (C=O) groups excluding carboxylic acids is 1. The van der Waals surface area contributed by atoms with Crippen molar-refractivity contribution in [2.75, 3.05) is 40.3 Å². The fourth-order valence-corrected chi connectivity index (χ4v) is 4.11. The first-order valence-corrected chi connectivity index (χ1v) is 10.4. The van der Waals surface area contributed by atoms with Crippen molar-refractivity contribution >= 4 is 23.3 Å². The molecule has 0 radical (unpaired) electrons. The van der Waals surface area contributed by atoms with Gasteiger partial charge in [0.15, 0.2) is 0 Å². The fraction of sp³-hybridized carbons (Fsp3) is 0.429. The number of nitrogens with one attached hydrogen (secondary N) is 1. The van der Waals surface area contributed by atoms with Crippen molar-refractivity contribution in [3.8, 4) is 0 Å². The van der Waals surface area contributed by atoms with Crippen LogP contribution in [0.25, 0.3) is 0 Å². The zero-order chi connectivity index (χ0) is 20.8. The number of benzene rings is 1. The third-order valence-corrected chi connectivity index (χ3v) is 6.19. The summed E-state index contributed by atoms with van der Waals surface area (Å²) >= 11 is 1.20. The van der Waals surface area contributed by atoms with E-state index >= 15 is 0 Å². The highest BCUT2D eigenvalue weighted by Crippen LogP contribution is 2.20. The molecule has 2 N–H and O–H groups in total. The predicted octanol–water partition coefficient (Wildman–Crippen LogP) is 2.07. The van der Waals surface area contributed by atoms with Gasteiger partial charge in [-0.05, 0) is 31.8 Å². The molecule has 1 aromatic carbocycles. The van der Waals surface area contributed by atoms with Crippen molar-refractivity contribution in [2.45, 2.75) is 18.6 Å².